The van der Waals surface area contributed by atoms with E-state index in [0.29, 0.717) is 23.8 Å². The Morgan fingerprint density at radius 2 is 2.32 bits per heavy atom. The monoisotopic (exact) mass is 299 g/mol. The van der Waals surface area contributed by atoms with Crippen LogP contribution >= 0.6 is 0 Å². The summed E-state index contributed by atoms with van der Waals surface area (Å²) in [6, 6.07) is 3.68. The van der Waals surface area contributed by atoms with Crippen molar-refractivity contribution in [1.82, 2.24) is 19.4 Å². The van der Waals surface area contributed by atoms with Crippen molar-refractivity contribution >= 4 is 5.91 Å². The van der Waals surface area contributed by atoms with Gasteiger partial charge in [0.15, 0.2) is 0 Å². The minimum atomic E-state index is 0.0331. The summed E-state index contributed by atoms with van der Waals surface area (Å²) in [5, 5.41) is 0. The average molecular weight is 299 g/mol. The molecule has 2 N–H and O–H groups in total. The number of aromatic nitrogens is 3. The van der Waals surface area contributed by atoms with Gasteiger partial charge in [-0.05, 0) is 30.9 Å². The van der Waals surface area contributed by atoms with Crippen molar-refractivity contribution in [1.29, 1.82) is 0 Å². The van der Waals surface area contributed by atoms with Crippen LogP contribution in [0.3, 0.4) is 0 Å². The zero-order valence-corrected chi connectivity index (χ0v) is 12.7. The molecular formula is C16H21N5O. The highest BCUT2D eigenvalue weighted by atomic mass is 16.2. The number of piperidine rings is 1. The maximum atomic E-state index is 12.9. The summed E-state index contributed by atoms with van der Waals surface area (Å²) in [5.41, 5.74) is 6.53. The number of amides is 1. The van der Waals surface area contributed by atoms with Gasteiger partial charge in [0, 0.05) is 43.3 Å². The lowest BCUT2D eigenvalue weighted by Gasteiger charge is -2.39. The molecular weight excluding hydrogens is 278 g/mol. The number of likely N-dealkylation sites (tertiary alicyclic amines) is 1. The molecule has 2 aromatic heterocycles. The molecule has 1 aliphatic rings. The highest BCUT2D eigenvalue weighted by molar-refractivity contribution is 5.94. The molecule has 1 amide bonds. The Morgan fingerprint density at radius 3 is 3.05 bits per heavy atom. The van der Waals surface area contributed by atoms with E-state index in [4.69, 9.17) is 5.73 Å². The Morgan fingerprint density at radius 1 is 1.45 bits per heavy atom. The van der Waals surface area contributed by atoms with Crippen molar-refractivity contribution in [2.45, 2.75) is 25.8 Å². The molecule has 2 aromatic rings. The molecule has 0 saturated carbocycles. The minimum Gasteiger partial charge on any atom is -0.334 e. The highest BCUT2D eigenvalue weighted by Crippen LogP contribution is 2.24. The third-order valence-electron chi connectivity index (χ3n) is 4.38. The molecule has 2 atom stereocenters. The van der Waals surface area contributed by atoms with Crippen LogP contribution in [0.5, 0.6) is 0 Å². The standard InChI is InChI=1S/C16H21N5O/c1-12-3-2-7-21(14(12)10-17)16(22)13-4-5-19-15(9-13)20-8-6-18-11-20/h4-6,8-9,11-12,14H,2-3,7,10,17H2,1H3/t12-,14-/m0/s1. The lowest BCUT2D eigenvalue weighted by molar-refractivity contribution is 0.0532. The van der Waals surface area contributed by atoms with Crippen molar-refractivity contribution in [2.75, 3.05) is 13.1 Å². The number of hydrogen-bond donors (Lipinski definition) is 1. The smallest absolute Gasteiger partial charge is 0.254 e. The van der Waals surface area contributed by atoms with Gasteiger partial charge in [-0.15, -0.1) is 0 Å². The van der Waals surface area contributed by atoms with Crippen molar-refractivity contribution in [3.63, 3.8) is 0 Å². The van der Waals surface area contributed by atoms with Crippen LogP contribution in [0, 0.1) is 5.92 Å². The summed E-state index contributed by atoms with van der Waals surface area (Å²) in [4.78, 5) is 23.1. The van der Waals surface area contributed by atoms with Crippen molar-refractivity contribution in [3.05, 3.63) is 42.6 Å². The molecule has 22 heavy (non-hydrogen) atoms. The molecule has 6 heteroatoms. The number of nitrogens with two attached hydrogens (primary N) is 1. The summed E-state index contributed by atoms with van der Waals surface area (Å²) in [7, 11) is 0. The number of pyridine rings is 1. The van der Waals surface area contributed by atoms with Crippen LogP contribution < -0.4 is 5.73 Å². The topological polar surface area (TPSA) is 77.0 Å². The molecule has 0 bridgehead atoms. The number of carbonyl (C=O) groups excluding carboxylic acids is 1. The van der Waals surface area contributed by atoms with Gasteiger partial charge in [-0.3, -0.25) is 9.36 Å². The SMILES string of the molecule is C[C@H]1CCCN(C(=O)c2ccnc(-n3ccnc3)c2)[C@H]1CN. The molecule has 1 fully saturated rings. The molecule has 116 valence electrons. The first-order chi connectivity index (χ1) is 10.7. The van der Waals surface area contributed by atoms with E-state index in [-0.39, 0.29) is 11.9 Å². The fraction of sp³-hybridized carbons (Fsp3) is 0.438. The van der Waals surface area contributed by atoms with E-state index in [1.165, 1.54) is 0 Å². The number of rotatable bonds is 3. The molecule has 3 heterocycles. The first-order valence-electron chi connectivity index (χ1n) is 7.66. The second kappa shape index (κ2) is 6.27. The zero-order chi connectivity index (χ0) is 15.5. The predicted molar refractivity (Wildman–Crippen MR) is 83.6 cm³/mol. The van der Waals surface area contributed by atoms with E-state index < -0.39 is 0 Å². The summed E-state index contributed by atoms with van der Waals surface area (Å²) in [6.07, 6.45) is 8.98. The van der Waals surface area contributed by atoms with Gasteiger partial charge in [0.25, 0.3) is 5.91 Å². The van der Waals surface area contributed by atoms with Crippen LogP contribution in [0.25, 0.3) is 5.82 Å². The molecule has 1 saturated heterocycles. The number of imidazole rings is 1. The van der Waals surface area contributed by atoms with Crippen LogP contribution in [-0.4, -0.2) is 44.5 Å². The van der Waals surface area contributed by atoms with E-state index >= 15 is 0 Å². The van der Waals surface area contributed by atoms with Gasteiger partial charge in [0.1, 0.15) is 12.1 Å². The largest absolute Gasteiger partial charge is 0.334 e. The molecule has 0 aromatic carbocycles. The zero-order valence-electron chi connectivity index (χ0n) is 12.7. The lowest BCUT2D eigenvalue weighted by Crippen LogP contribution is -2.51. The Hall–Kier alpha value is -2.21. The highest BCUT2D eigenvalue weighted by Gasteiger charge is 2.31. The van der Waals surface area contributed by atoms with Crippen molar-refractivity contribution < 1.29 is 4.79 Å². The number of hydrogen-bond acceptors (Lipinski definition) is 4. The van der Waals surface area contributed by atoms with Gasteiger partial charge in [0.05, 0.1) is 0 Å². The quantitative estimate of drug-likeness (QED) is 0.931. The Labute approximate surface area is 130 Å². The van der Waals surface area contributed by atoms with E-state index in [0.717, 1.165) is 19.4 Å². The second-order valence-corrected chi connectivity index (χ2v) is 5.79. The van der Waals surface area contributed by atoms with Crippen LogP contribution in [0.4, 0.5) is 0 Å². The van der Waals surface area contributed by atoms with Crippen LogP contribution in [0.1, 0.15) is 30.1 Å². The van der Waals surface area contributed by atoms with Gasteiger partial charge < -0.3 is 10.6 Å². The first-order valence-corrected chi connectivity index (χ1v) is 7.66. The number of carbonyl (C=O) groups is 1. The van der Waals surface area contributed by atoms with Gasteiger partial charge in [0.2, 0.25) is 0 Å². The van der Waals surface area contributed by atoms with E-state index in [9.17, 15) is 4.79 Å². The fourth-order valence-corrected chi connectivity index (χ4v) is 3.11. The van der Waals surface area contributed by atoms with Crippen molar-refractivity contribution in [2.24, 2.45) is 11.7 Å². The first kappa shape index (κ1) is 14.7. The van der Waals surface area contributed by atoms with Crippen LogP contribution in [0.15, 0.2) is 37.1 Å². The second-order valence-electron chi connectivity index (χ2n) is 5.79. The summed E-state index contributed by atoms with van der Waals surface area (Å²) >= 11 is 0. The van der Waals surface area contributed by atoms with Gasteiger partial charge in [-0.2, -0.15) is 0 Å². The molecule has 0 aliphatic carbocycles. The summed E-state index contributed by atoms with van der Waals surface area (Å²) < 4.78 is 1.79. The van der Waals surface area contributed by atoms with Gasteiger partial charge in [-0.1, -0.05) is 6.92 Å². The molecule has 1 aliphatic heterocycles. The lowest BCUT2D eigenvalue weighted by atomic mass is 9.90. The Balaban J connectivity index is 1.87. The third kappa shape index (κ3) is 2.74. The van der Waals surface area contributed by atoms with Crippen molar-refractivity contribution in [3.8, 4) is 5.82 Å². The van der Waals surface area contributed by atoms with Crippen LogP contribution in [-0.2, 0) is 0 Å². The fourth-order valence-electron chi connectivity index (χ4n) is 3.11. The molecule has 0 unspecified atom stereocenters. The maximum absolute atomic E-state index is 12.9. The third-order valence-corrected chi connectivity index (χ3v) is 4.38. The average Bonchev–Trinajstić information content (AvgIpc) is 3.08. The molecule has 3 rings (SSSR count). The summed E-state index contributed by atoms with van der Waals surface area (Å²) in [5.74, 6) is 1.17. The van der Waals surface area contributed by atoms with E-state index in [2.05, 4.69) is 16.9 Å². The Bertz CT molecular complexity index is 640. The van der Waals surface area contributed by atoms with Gasteiger partial charge >= 0.3 is 0 Å². The summed E-state index contributed by atoms with van der Waals surface area (Å²) in [6.45, 7) is 3.45. The Kier molecular flexibility index (Phi) is 4.20. The van der Waals surface area contributed by atoms with Gasteiger partial charge in [-0.25, -0.2) is 9.97 Å². The van der Waals surface area contributed by atoms with E-state index in [1.807, 2.05) is 11.1 Å². The van der Waals surface area contributed by atoms with E-state index in [1.54, 1.807) is 35.4 Å². The normalized spacial score (nSPS) is 21.8. The number of nitrogens with zero attached hydrogens (tertiary/aromatic N) is 4. The minimum absolute atomic E-state index is 0.0331. The molecule has 0 spiro atoms. The predicted octanol–water partition coefficient (Wildman–Crippen LogP) is 1.47. The van der Waals surface area contributed by atoms with Crippen LogP contribution in [0.2, 0.25) is 0 Å². The molecule has 6 nitrogen and oxygen atoms in total. The molecule has 0 radical (unpaired) electrons. The maximum Gasteiger partial charge on any atom is 0.254 e.